The van der Waals surface area contributed by atoms with E-state index in [1.54, 1.807) is 4.90 Å². The van der Waals surface area contributed by atoms with Crippen molar-refractivity contribution in [3.8, 4) is 0 Å². The fourth-order valence-electron chi connectivity index (χ4n) is 2.51. The van der Waals surface area contributed by atoms with Crippen molar-refractivity contribution < 1.29 is 23.8 Å². The zero-order valence-corrected chi connectivity index (χ0v) is 13.8. The summed E-state index contributed by atoms with van der Waals surface area (Å²) in [4.78, 5) is 25.0. The Kier molecular flexibility index (Phi) is 7.02. The Bertz CT molecular complexity index is 537. The maximum absolute atomic E-state index is 12.2. The Hall–Kier alpha value is -2.12. The van der Waals surface area contributed by atoms with Crippen LogP contribution in [0.4, 0.5) is 4.79 Å². The van der Waals surface area contributed by atoms with Crippen LogP contribution >= 0.6 is 0 Å². The van der Waals surface area contributed by atoms with E-state index in [9.17, 15) is 9.59 Å². The van der Waals surface area contributed by atoms with Crippen molar-refractivity contribution in [2.45, 2.75) is 31.6 Å². The Labute approximate surface area is 141 Å². The van der Waals surface area contributed by atoms with Crippen molar-refractivity contribution in [1.82, 2.24) is 4.90 Å². The second-order valence-corrected chi connectivity index (χ2v) is 5.71. The smallest absolute Gasteiger partial charge is 0.410 e. The minimum Gasteiger partial charge on any atom is -0.468 e. The number of esters is 1. The van der Waals surface area contributed by atoms with Crippen LogP contribution in [-0.4, -0.2) is 55.9 Å². The van der Waals surface area contributed by atoms with E-state index in [-0.39, 0.29) is 25.4 Å². The number of likely N-dealkylation sites (tertiary alicyclic amines) is 1. The van der Waals surface area contributed by atoms with E-state index in [0.29, 0.717) is 13.1 Å². The molecule has 0 spiro atoms. The Balaban J connectivity index is 1.75. The van der Waals surface area contributed by atoms with Crippen LogP contribution in [0.5, 0.6) is 0 Å². The van der Waals surface area contributed by atoms with Crippen LogP contribution in [0.2, 0.25) is 0 Å². The summed E-state index contributed by atoms with van der Waals surface area (Å²) in [5.41, 5.74) is 6.59. The number of ether oxygens (including phenoxy) is 3. The van der Waals surface area contributed by atoms with Crippen molar-refractivity contribution >= 4 is 12.1 Å². The Morgan fingerprint density at radius 1 is 1.33 bits per heavy atom. The molecule has 1 aliphatic heterocycles. The molecule has 0 aliphatic carbocycles. The molecule has 1 fully saturated rings. The highest BCUT2D eigenvalue weighted by atomic mass is 16.6. The van der Waals surface area contributed by atoms with Gasteiger partial charge in [-0.2, -0.15) is 0 Å². The predicted molar refractivity (Wildman–Crippen MR) is 87.2 cm³/mol. The quantitative estimate of drug-likeness (QED) is 0.788. The van der Waals surface area contributed by atoms with Gasteiger partial charge >= 0.3 is 12.1 Å². The van der Waals surface area contributed by atoms with Crippen LogP contribution in [0, 0.1) is 0 Å². The zero-order chi connectivity index (χ0) is 17.4. The van der Waals surface area contributed by atoms with Gasteiger partial charge in [0.1, 0.15) is 12.6 Å². The third kappa shape index (κ3) is 5.50. The summed E-state index contributed by atoms with van der Waals surface area (Å²) in [7, 11) is 1.28. The number of hydrogen-bond donors (Lipinski definition) is 1. The average molecular weight is 336 g/mol. The minimum absolute atomic E-state index is 0.0737. The monoisotopic (exact) mass is 336 g/mol. The number of nitrogens with zero attached hydrogens (tertiary/aromatic N) is 1. The van der Waals surface area contributed by atoms with Crippen molar-refractivity contribution in [3.05, 3.63) is 35.9 Å². The molecule has 1 heterocycles. The van der Waals surface area contributed by atoms with Crippen LogP contribution in [0.3, 0.4) is 0 Å². The van der Waals surface area contributed by atoms with Gasteiger partial charge in [0.25, 0.3) is 0 Å². The summed E-state index contributed by atoms with van der Waals surface area (Å²) in [6.07, 6.45) is 1.12. The standard InChI is InChI=1S/C17H24N2O5/c1-22-16(20)15(18)12-23-14-8-5-9-19(10-14)17(21)24-11-13-6-3-2-4-7-13/h2-4,6-7,14-15H,5,8-12,18H2,1H3/t14-,15-/m1/s1. The summed E-state index contributed by atoms with van der Waals surface area (Å²) in [6, 6.07) is 8.72. The molecule has 0 radical (unpaired) electrons. The molecule has 0 saturated carbocycles. The first-order valence-corrected chi connectivity index (χ1v) is 8.00. The molecule has 0 bridgehead atoms. The van der Waals surface area contributed by atoms with Crippen molar-refractivity contribution in [2.75, 3.05) is 26.8 Å². The second kappa shape index (κ2) is 9.24. The van der Waals surface area contributed by atoms with E-state index in [4.69, 9.17) is 15.2 Å². The number of methoxy groups -OCH3 is 1. The van der Waals surface area contributed by atoms with Crippen LogP contribution in [0.25, 0.3) is 0 Å². The molecular formula is C17H24N2O5. The number of piperidine rings is 1. The first-order valence-electron chi connectivity index (χ1n) is 8.00. The lowest BCUT2D eigenvalue weighted by molar-refractivity contribution is -0.144. The normalized spacial score (nSPS) is 18.8. The number of carbonyl (C=O) groups excluding carboxylic acids is 2. The van der Waals surface area contributed by atoms with Crippen LogP contribution in [0.1, 0.15) is 18.4 Å². The van der Waals surface area contributed by atoms with Gasteiger partial charge in [0, 0.05) is 6.54 Å². The third-order valence-electron chi connectivity index (χ3n) is 3.86. The summed E-state index contributed by atoms with van der Waals surface area (Å²) < 4.78 is 15.5. The van der Waals surface area contributed by atoms with Gasteiger partial charge in [-0.1, -0.05) is 30.3 Å². The molecule has 7 nitrogen and oxygen atoms in total. The predicted octanol–water partition coefficient (Wildman–Crippen LogP) is 1.30. The molecule has 2 atom stereocenters. The number of hydrogen-bond acceptors (Lipinski definition) is 6. The van der Waals surface area contributed by atoms with E-state index in [0.717, 1.165) is 18.4 Å². The van der Waals surface area contributed by atoms with Gasteiger partial charge in [0.05, 0.1) is 26.4 Å². The van der Waals surface area contributed by atoms with Crippen LogP contribution in [0.15, 0.2) is 30.3 Å². The minimum atomic E-state index is -0.810. The largest absolute Gasteiger partial charge is 0.468 e. The molecular weight excluding hydrogens is 312 g/mol. The van der Waals surface area contributed by atoms with E-state index < -0.39 is 12.0 Å². The van der Waals surface area contributed by atoms with E-state index >= 15 is 0 Å². The maximum Gasteiger partial charge on any atom is 0.410 e. The van der Waals surface area contributed by atoms with Gasteiger partial charge in [0.15, 0.2) is 0 Å². The first kappa shape index (κ1) is 18.2. The molecule has 132 valence electrons. The van der Waals surface area contributed by atoms with Crippen molar-refractivity contribution in [3.63, 3.8) is 0 Å². The second-order valence-electron chi connectivity index (χ2n) is 5.71. The summed E-state index contributed by atoms with van der Waals surface area (Å²) in [6.45, 7) is 1.39. The van der Waals surface area contributed by atoms with Gasteiger partial charge in [-0.3, -0.25) is 4.79 Å². The molecule has 0 aromatic heterocycles. The van der Waals surface area contributed by atoms with Crippen LogP contribution < -0.4 is 5.73 Å². The highest BCUT2D eigenvalue weighted by Crippen LogP contribution is 2.15. The molecule has 0 unspecified atom stereocenters. The zero-order valence-electron chi connectivity index (χ0n) is 13.8. The summed E-state index contributed by atoms with van der Waals surface area (Å²) in [5, 5.41) is 0. The number of rotatable bonds is 6. The summed E-state index contributed by atoms with van der Waals surface area (Å²) in [5.74, 6) is -0.509. The van der Waals surface area contributed by atoms with E-state index in [1.807, 2.05) is 30.3 Å². The number of amides is 1. The molecule has 2 rings (SSSR count). The van der Waals surface area contributed by atoms with Crippen molar-refractivity contribution in [1.29, 1.82) is 0 Å². The Morgan fingerprint density at radius 3 is 2.79 bits per heavy atom. The van der Waals surface area contributed by atoms with Crippen molar-refractivity contribution in [2.24, 2.45) is 5.73 Å². The topological polar surface area (TPSA) is 91.1 Å². The number of benzene rings is 1. The fraction of sp³-hybridized carbons (Fsp3) is 0.529. The van der Waals surface area contributed by atoms with Gasteiger partial charge in [-0.05, 0) is 18.4 Å². The Morgan fingerprint density at radius 2 is 2.08 bits per heavy atom. The third-order valence-corrected chi connectivity index (χ3v) is 3.86. The molecule has 1 saturated heterocycles. The molecule has 24 heavy (non-hydrogen) atoms. The highest BCUT2D eigenvalue weighted by molar-refractivity contribution is 5.75. The SMILES string of the molecule is COC(=O)[C@H](N)CO[C@@H]1CCCN(C(=O)OCc2ccccc2)C1. The molecule has 1 amide bonds. The van der Waals surface area contributed by atoms with Gasteiger partial charge in [-0.15, -0.1) is 0 Å². The molecule has 1 aromatic carbocycles. The van der Waals surface area contributed by atoms with Crippen LogP contribution in [-0.2, 0) is 25.6 Å². The number of nitrogens with two attached hydrogens (primary N) is 1. The maximum atomic E-state index is 12.2. The molecule has 7 heteroatoms. The average Bonchev–Trinajstić information content (AvgIpc) is 2.64. The lowest BCUT2D eigenvalue weighted by Gasteiger charge is -2.32. The number of carbonyl (C=O) groups is 2. The van der Waals surface area contributed by atoms with Gasteiger partial charge in [0.2, 0.25) is 0 Å². The lowest BCUT2D eigenvalue weighted by Crippen LogP contribution is -2.45. The van der Waals surface area contributed by atoms with E-state index in [1.165, 1.54) is 7.11 Å². The highest BCUT2D eigenvalue weighted by Gasteiger charge is 2.26. The van der Waals surface area contributed by atoms with Gasteiger partial charge in [-0.25, -0.2) is 4.79 Å². The van der Waals surface area contributed by atoms with E-state index in [2.05, 4.69) is 4.74 Å². The molecule has 2 N–H and O–H groups in total. The summed E-state index contributed by atoms with van der Waals surface area (Å²) >= 11 is 0. The molecule has 1 aliphatic rings. The first-order chi connectivity index (χ1) is 11.6. The lowest BCUT2D eigenvalue weighted by atomic mass is 10.1. The molecule has 1 aromatic rings. The van der Waals surface area contributed by atoms with Gasteiger partial charge < -0.3 is 24.8 Å². The fourth-order valence-corrected chi connectivity index (χ4v) is 2.51.